The van der Waals surface area contributed by atoms with E-state index in [0.717, 1.165) is 60.7 Å². The summed E-state index contributed by atoms with van der Waals surface area (Å²) in [7, 11) is 0. The number of phenolic OH excluding ortho intramolecular Hbond substituents is 1. The van der Waals surface area contributed by atoms with Crippen LogP contribution >= 0.6 is 39.1 Å². The molecule has 0 heterocycles. The number of aromatic hydroxyl groups is 1. The third-order valence-electron chi connectivity index (χ3n) is 4.88. The highest BCUT2D eigenvalue weighted by Crippen LogP contribution is 2.33. The molecule has 8 nitrogen and oxygen atoms in total. The van der Waals surface area contributed by atoms with Crippen molar-refractivity contribution in [2.24, 2.45) is 0 Å². The second-order valence-corrected chi connectivity index (χ2v) is 9.89. The minimum absolute atomic E-state index is 0.0104. The van der Waals surface area contributed by atoms with Crippen molar-refractivity contribution < 1.29 is 74.2 Å². The van der Waals surface area contributed by atoms with Crippen LogP contribution < -0.4 is 14.2 Å². The number of hydrogen-bond acceptors (Lipinski definition) is 6. The quantitative estimate of drug-likeness (QED) is 0.131. The number of aromatic carboxylic acids is 2. The number of carboxylic acid groups (broad SMARTS) is 2. The summed E-state index contributed by atoms with van der Waals surface area (Å²) in [6.45, 7) is 0. The summed E-state index contributed by atoms with van der Waals surface area (Å²) in [4.78, 5) is 21.5. The molecule has 0 saturated carbocycles. The Morgan fingerprint density at radius 1 is 0.617 bits per heavy atom. The predicted octanol–water partition coefficient (Wildman–Crippen LogP) is 10.1. The maximum atomic E-state index is 13.7. The molecular weight excluding hydrogens is 767 g/mol. The number of phenols is 1. The van der Waals surface area contributed by atoms with Gasteiger partial charge in [-0.15, -0.1) is 26.3 Å². The Morgan fingerprint density at radius 3 is 1.40 bits per heavy atom. The monoisotopic (exact) mass is 780 g/mol. The minimum Gasteiger partial charge on any atom is -0.508 e. The molecule has 0 aromatic heterocycles. The average Bonchev–Trinajstić information content (AvgIpc) is 2.94. The molecule has 0 spiro atoms. The molecule has 0 atom stereocenters. The number of alkyl halides is 6. The summed E-state index contributed by atoms with van der Waals surface area (Å²) in [5.41, 5.74) is -1.23. The van der Waals surface area contributed by atoms with E-state index < -0.39 is 58.2 Å². The number of rotatable bonds is 6. The van der Waals surface area contributed by atoms with Crippen molar-refractivity contribution in [2.75, 3.05) is 0 Å². The number of carbonyl (C=O) groups is 2. The van der Waals surface area contributed by atoms with Gasteiger partial charge in [-0.3, -0.25) is 0 Å². The van der Waals surface area contributed by atoms with E-state index in [1.165, 1.54) is 12.1 Å². The van der Waals surface area contributed by atoms with Crippen LogP contribution in [0.2, 0.25) is 10.0 Å². The summed E-state index contributed by atoms with van der Waals surface area (Å²) >= 11 is 13.8. The Labute approximate surface area is 276 Å². The topological polar surface area (TPSA) is 123 Å². The van der Waals surface area contributed by atoms with Crippen LogP contribution in [-0.4, -0.2) is 40.0 Å². The van der Waals surface area contributed by atoms with E-state index in [0.29, 0.717) is 0 Å². The third-order valence-corrected chi connectivity index (χ3v) is 6.13. The number of carboxylic acids is 2. The Bertz CT molecular complexity index is 1700. The van der Waals surface area contributed by atoms with Gasteiger partial charge < -0.3 is 29.5 Å². The Hall–Kier alpha value is -4.48. The number of ether oxygens (including phenoxy) is 3. The van der Waals surface area contributed by atoms with Crippen molar-refractivity contribution in [3.05, 3.63) is 110 Å². The van der Waals surface area contributed by atoms with E-state index in [4.69, 9.17) is 43.3 Å². The van der Waals surface area contributed by atoms with Gasteiger partial charge in [-0.25, -0.2) is 18.4 Å². The molecule has 4 aromatic rings. The van der Waals surface area contributed by atoms with Crippen LogP contribution in [0.25, 0.3) is 0 Å². The minimum atomic E-state index is -4.84. The van der Waals surface area contributed by atoms with Gasteiger partial charge in [-0.05, 0) is 88.7 Å². The average molecular weight is 782 g/mol. The molecule has 0 saturated heterocycles. The molecule has 0 radical (unpaired) electrons. The fourth-order valence-corrected chi connectivity index (χ4v) is 3.82. The second-order valence-electron chi connectivity index (χ2n) is 8.23. The van der Waals surface area contributed by atoms with Gasteiger partial charge in [-0.2, -0.15) is 0 Å². The number of hydrogen-bond donors (Lipinski definition) is 3. The highest BCUT2D eigenvalue weighted by Gasteiger charge is 2.31. The second kappa shape index (κ2) is 16.4. The molecule has 0 aliphatic carbocycles. The van der Waals surface area contributed by atoms with Crippen molar-refractivity contribution in [3.8, 4) is 28.7 Å². The van der Waals surface area contributed by atoms with E-state index in [2.05, 4.69) is 25.4 Å². The summed E-state index contributed by atoms with van der Waals surface area (Å²) < 4.78 is 110. The van der Waals surface area contributed by atoms with E-state index in [-0.39, 0.29) is 32.5 Å². The van der Waals surface area contributed by atoms with Crippen LogP contribution in [0, 0.1) is 11.6 Å². The Kier molecular flexibility index (Phi) is 13.5. The Morgan fingerprint density at radius 2 is 1.00 bits per heavy atom. The molecule has 0 bridgehead atoms. The van der Waals surface area contributed by atoms with E-state index >= 15 is 0 Å². The molecule has 0 fully saturated rings. The maximum absolute atomic E-state index is 13.7. The summed E-state index contributed by atoms with van der Waals surface area (Å²) in [6.07, 6.45) is -9.52. The molecule has 0 aliphatic heterocycles. The molecule has 0 amide bonds. The molecule has 47 heavy (non-hydrogen) atoms. The van der Waals surface area contributed by atoms with Gasteiger partial charge >= 0.3 is 24.7 Å². The predicted molar refractivity (Wildman–Crippen MR) is 152 cm³/mol. The SMILES string of the molecule is O=C(O)c1c(Br)ccc(Cl)c1F.O=C(O)c1c(Oc2ccc(OC(F)(F)F)cc2)ccc(Cl)c1F.Oc1ccc(OC(F)(F)F)cc1. The van der Waals surface area contributed by atoms with Crippen molar-refractivity contribution in [1.29, 1.82) is 0 Å². The first-order valence-corrected chi connectivity index (χ1v) is 13.4. The van der Waals surface area contributed by atoms with Crippen LogP contribution in [0.5, 0.6) is 28.7 Å². The lowest BCUT2D eigenvalue weighted by atomic mass is 10.2. The first kappa shape index (κ1) is 38.7. The van der Waals surface area contributed by atoms with Crippen LogP contribution in [0.15, 0.2) is 77.3 Å². The van der Waals surface area contributed by atoms with E-state index in [1.54, 1.807) is 0 Å². The van der Waals surface area contributed by atoms with Gasteiger partial charge in [0.15, 0.2) is 11.6 Å². The van der Waals surface area contributed by atoms with Crippen LogP contribution in [0.3, 0.4) is 0 Å². The van der Waals surface area contributed by atoms with Gasteiger partial charge in [0.25, 0.3) is 0 Å². The normalized spacial score (nSPS) is 10.9. The summed E-state index contributed by atoms with van der Waals surface area (Å²) in [6, 6.07) is 13.3. The zero-order valence-corrected chi connectivity index (χ0v) is 25.6. The number of benzene rings is 4. The van der Waals surface area contributed by atoms with E-state index in [1.807, 2.05) is 0 Å². The van der Waals surface area contributed by atoms with Crippen molar-refractivity contribution in [1.82, 2.24) is 0 Å². The number of halogens is 11. The maximum Gasteiger partial charge on any atom is 0.573 e. The van der Waals surface area contributed by atoms with Crippen molar-refractivity contribution in [3.63, 3.8) is 0 Å². The van der Waals surface area contributed by atoms with Gasteiger partial charge in [-0.1, -0.05) is 23.2 Å². The molecule has 4 aromatic carbocycles. The highest BCUT2D eigenvalue weighted by atomic mass is 79.9. The molecule has 0 aliphatic rings. The fourth-order valence-electron chi connectivity index (χ4n) is 3.02. The van der Waals surface area contributed by atoms with Crippen molar-refractivity contribution >= 4 is 51.1 Å². The van der Waals surface area contributed by atoms with Gasteiger partial charge in [0, 0.05) is 4.47 Å². The molecule has 19 heteroatoms. The van der Waals surface area contributed by atoms with Crippen LogP contribution in [0.4, 0.5) is 35.1 Å². The molecular formula is C28H15BrCl2F8O8. The lowest BCUT2D eigenvalue weighted by Crippen LogP contribution is -2.16. The molecule has 0 unspecified atom stereocenters. The van der Waals surface area contributed by atoms with Crippen molar-refractivity contribution in [2.45, 2.75) is 12.7 Å². The smallest absolute Gasteiger partial charge is 0.508 e. The zero-order chi connectivity index (χ0) is 35.7. The summed E-state index contributed by atoms with van der Waals surface area (Å²) in [5.74, 6) is -6.32. The summed E-state index contributed by atoms with van der Waals surface area (Å²) in [5, 5.41) is 25.7. The largest absolute Gasteiger partial charge is 0.573 e. The van der Waals surface area contributed by atoms with Gasteiger partial charge in [0.2, 0.25) is 0 Å². The standard InChI is InChI=1S/C14H7ClF4O4.C7H3BrClFO2.C7H5F3O2/c15-9-5-6-10(11(12(9)16)13(20)21)22-7-1-3-8(4-2-7)23-14(17,18)19;8-3-1-2-4(9)6(10)5(3)7(11)12;8-7(9,10)12-6-3-1-5(11)2-4-6/h1-6H,(H,20,21);1-2H,(H,11,12);1-4,11H. The fraction of sp³-hybridized carbons (Fsp3) is 0.0714. The highest BCUT2D eigenvalue weighted by molar-refractivity contribution is 9.10. The van der Waals surface area contributed by atoms with Crippen LogP contribution in [0.1, 0.15) is 20.7 Å². The van der Waals surface area contributed by atoms with Gasteiger partial charge in [0.05, 0.1) is 10.0 Å². The lowest BCUT2D eigenvalue weighted by Gasteiger charge is -2.12. The third kappa shape index (κ3) is 12.7. The lowest BCUT2D eigenvalue weighted by molar-refractivity contribution is -0.275. The van der Waals surface area contributed by atoms with Crippen LogP contribution in [-0.2, 0) is 0 Å². The first-order chi connectivity index (χ1) is 21.7. The molecule has 3 N–H and O–H groups in total. The zero-order valence-electron chi connectivity index (χ0n) is 22.5. The van der Waals surface area contributed by atoms with E-state index in [9.17, 15) is 44.7 Å². The van der Waals surface area contributed by atoms with Gasteiger partial charge in [0.1, 0.15) is 39.9 Å². The Balaban J connectivity index is 0.000000270. The molecule has 252 valence electrons. The first-order valence-electron chi connectivity index (χ1n) is 11.8. The molecule has 4 rings (SSSR count).